The van der Waals surface area contributed by atoms with Gasteiger partial charge in [0.2, 0.25) is 0 Å². The average Bonchev–Trinajstić information content (AvgIpc) is 2.03. The summed E-state index contributed by atoms with van der Waals surface area (Å²) in [6, 6.07) is -0.215. The Morgan fingerprint density at radius 2 is 2.15 bits per heavy atom. The fourth-order valence-corrected chi connectivity index (χ4v) is 0.667. The van der Waals surface area contributed by atoms with E-state index in [0.717, 1.165) is 0 Å². The van der Waals surface area contributed by atoms with Crippen LogP contribution in [0.4, 0.5) is 13.2 Å². The quantitative estimate of drug-likeness (QED) is 0.289. The van der Waals surface area contributed by atoms with Crippen molar-refractivity contribution in [2.24, 2.45) is 5.84 Å². The Labute approximate surface area is 74.7 Å². The van der Waals surface area contributed by atoms with Crippen LogP contribution in [-0.4, -0.2) is 25.4 Å². The highest BCUT2D eigenvalue weighted by atomic mass is 19.4. The molecule has 0 aromatic carbocycles. The smallest absolute Gasteiger partial charge is 0.372 e. The Bertz CT molecular complexity index is 149. The summed E-state index contributed by atoms with van der Waals surface area (Å²) in [7, 11) is 0. The minimum Gasteiger partial charge on any atom is -0.372 e. The molecule has 0 aromatic heterocycles. The van der Waals surface area contributed by atoms with Crippen LogP contribution in [0, 0.1) is 0 Å². The first-order valence-electron chi connectivity index (χ1n) is 3.73. The lowest BCUT2D eigenvalue weighted by molar-refractivity contribution is -0.174. The molecule has 0 aliphatic carbocycles. The number of hydrazine groups is 1. The molecule has 0 aliphatic heterocycles. The van der Waals surface area contributed by atoms with Gasteiger partial charge in [0.1, 0.15) is 6.61 Å². The van der Waals surface area contributed by atoms with Gasteiger partial charge < -0.3 is 4.74 Å². The number of hydrogen-bond donors (Lipinski definition) is 2. The molecule has 0 heterocycles. The summed E-state index contributed by atoms with van der Waals surface area (Å²) in [6.45, 7) is 2.22. The predicted octanol–water partition coefficient (Wildman–Crippen LogP) is 0.973. The highest BCUT2D eigenvalue weighted by Gasteiger charge is 2.27. The van der Waals surface area contributed by atoms with Crippen LogP contribution in [0.1, 0.15) is 6.42 Å². The van der Waals surface area contributed by atoms with Gasteiger partial charge in [-0.15, -0.1) is 6.58 Å². The monoisotopic (exact) mass is 198 g/mol. The highest BCUT2D eigenvalue weighted by Crippen LogP contribution is 2.14. The van der Waals surface area contributed by atoms with Crippen LogP contribution in [0.5, 0.6) is 0 Å². The molecule has 3 N–H and O–H groups in total. The molecule has 0 spiro atoms. The number of halogens is 3. The van der Waals surface area contributed by atoms with E-state index >= 15 is 0 Å². The molecule has 0 saturated heterocycles. The van der Waals surface area contributed by atoms with Crippen LogP contribution in [0.15, 0.2) is 12.7 Å². The summed E-state index contributed by atoms with van der Waals surface area (Å²) in [5.41, 5.74) is 2.37. The summed E-state index contributed by atoms with van der Waals surface area (Å²) >= 11 is 0. The van der Waals surface area contributed by atoms with Crippen molar-refractivity contribution < 1.29 is 17.9 Å². The minimum atomic E-state index is -4.26. The van der Waals surface area contributed by atoms with E-state index in [0.29, 0.717) is 6.42 Å². The molecule has 0 fully saturated rings. The number of nitrogens with one attached hydrogen (secondary N) is 1. The molecule has 13 heavy (non-hydrogen) atoms. The zero-order chi connectivity index (χ0) is 10.3. The Hall–Kier alpha value is -0.590. The van der Waals surface area contributed by atoms with E-state index in [2.05, 4.69) is 16.7 Å². The van der Waals surface area contributed by atoms with Gasteiger partial charge in [-0.2, -0.15) is 13.2 Å². The van der Waals surface area contributed by atoms with Crippen molar-refractivity contribution in [1.29, 1.82) is 0 Å². The van der Waals surface area contributed by atoms with Gasteiger partial charge in [-0.05, 0) is 6.42 Å². The van der Waals surface area contributed by atoms with Crippen LogP contribution in [0.3, 0.4) is 0 Å². The molecule has 78 valence electrons. The second-order valence-electron chi connectivity index (χ2n) is 2.47. The van der Waals surface area contributed by atoms with Crippen molar-refractivity contribution in [2.75, 3.05) is 13.2 Å². The standard InChI is InChI=1S/C7H13F3N2O/c1-2-6(12-11)3-4-13-5-7(8,9)10/h2,6,12H,1,3-5,11H2. The largest absolute Gasteiger partial charge is 0.411 e. The van der Waals surface area contributed by atoms with Crippen molar-refractivity contribution in [3.63, 3.8) is 0 Å². The van der Waals surface area contributed by atoms with Gasteiger partial charge in [0, 0.05) is 12.6 Å². The van der Waals surface area contributed by atoms with E-state index in [9.17, 15) is 13.2 Å². The molecule has 0 aromatic rings. The lowest BCUT2D eigenvalue weighted by Gasteiger charge is -2.11. The molecule has 0 rings (SSSR count). The third kappa shape index (κ3) is 7.76. The molecule has 3 nitrogen and oxygen atoms in total. The van der Waals surface area contributed by atoms with E-state index in [1.165, 1.54) is 6.08 Å². The second-order valence-corrected chi connectivity index (χ2v) is 2.47. The summed E-state index contributed by atoms with van der Waals surface area (Å²) in [4.78, 5) is 0. The van der Waals surface area contributed by atoms with Crippen molar-refractivity contribution in [1.82, 2.24) is 5.43 Å². The van der Waals surface area contributed by atoms with Gasteiger partial charge in [0.25, 0.3) is 0 Å². The molecule has 0 saturated carbocycles. The molecule has 0 amide bonds. The van der Waals surface area contributed by atoms with Crippen LogP contribution in [-0.2, 0) is 4.74 Å². The lowest BCUT2D eigenvalue weighted by atomic mass is 10.2. The first-order chi connectivity index (χ1) is 5.99. The maximum absolute atomic E-state index is 11.6. The normalized spacial score (nSPS) is 14.2. The van der Waals surface area contributed by atoms with E-state index in [4.69, 9.17) is 5.84 Å². The SMILES string of the molecule is C=CC(CCOCC(F)(F)F)NN. The molecule has 0 radical (unpaired) electrons. The topological polar surface area (TPSA) is 47.3 Å². The molecule has 0 bridgehead atoms. The minimum absolute atomic E-state index is 0.000394. The van der Waals surface area contributed by atoms with Gasteiger partial charge >= 0.3 is 6.18 Å². The number of rotatable bonds is 6. The third-order valence-corrected chi connectivity index (χ3v) is 1.34. The first kappa shape index (κ1) is 12.4. The molecule has 0 aliphatic rings. The molecule has 1 unspecified atom stereocenters. The van der Waals surface area contributed by atoms with Crippen molar-refractivity contribution >= 4 is 0 Å². The van der Waals surface area contributed by atoms with Crippen molar-refractivity contribution in [3.05, 3.63) is 12.7 Å². The number of alkyl halides is 3. The van der Waals surface area contributed by atoms with E-state index in [-0.39, 0.29) is 12.6 Å². The van der Waals surface area contributed by atoms with Gasteiger partial charge in [-0.1, -0.05) is 6.08 Å². The van der Waals surface area contributed by atoms with Crippen LogP contribution < -0.4 is 11.3 Å². The zero-order valence-corrected chi connectivity index (χ0v) is 7.10. The predicted molar refractivity (Wildman–Crippen MR) is 42.8 cm³/mol. The van der Waals surface area contributed by atoms with E-state index in [1.54, 1.807) is 0 Å². The van der Waals surface area contributed by atoms with Gasteiger partial charge in [0.15, 0.2) is 0 Å². The average molecular weight is 198 g/mol. The maximum atomic E-state index is 11.6. The maximum Gasteiger partial charge on any atom is 0.411 e. The Balaban J connectivity index is 3.40. The van der Waals surface area contributed by atoms with Crippen LogP contribution in [0.25, 0.3) is 0 Å². The van der Waals surface area contributed by atoms with Gasteiger partial charge in [-0.25, -0.2) is 0 Å². The first-order valence-corrected chi connectivity index (χ1v) is 3.73. The number of nitrogens with two attached hydrogens (primary N) is 1. The number of hydrogen-bond acceptors (Lipinski definition) is 3. The van der Waals surface area contributed by atoms with Crippen molar-refractivity contribution in [2.45, 2.75) is 18.6 Å². The van der Waals surface area contributed by atoms with Crippen LogP contribution >= 0.6 is 0 Å². The molecular weight excluding hydrogens is 185 g/mol. The second kappa shape index (κ2) is 5.95. The number of ether oxygens (including phenoxy) is 1. The van der Waals surface area contributed by atoms with E-state index < -0.39 is 12.8 Å². The fraction of sp³-hybridized carbons (Fsp3) is 0.714. The molecule has 6 heteroatoms. The Morgan fingerprint density at radius 3 is 2.54 bits per heavy atom. The third-order valence-electron chi connectivity index (χ3n) is 1.34. The fourth-order valence-electron chi connectivity index (χ4n) is 0.667. The summed E-state index contributed by atoms with van der Waals surface area (Å²) < 4.78 is 39.0. The van der Waals surface area contributed by atoms with Crippen LogP contribution in [0.2, 0.25) is 0 Å². The lowest BCUT2D eigenvalue weighted by Crippen LogP contribution is -2.34. The summed E-state index contributed by atoms with van der Waals surface area (Å²) in [6.07, 6.45) is -2.38. The zero-order valence-electron chi connectivity index (χ0n) is 7.10. The summed E-state index contributed by atoms with van der Waals surface area (Å²) in [5.74, 6) is 5.05. The Kier molecular flexibility index (Phi) is 5.68. The molecular formula is C7H13F3N2O. The highest BCUT2D eigenvalue weighted by molar-refractivity contribution is 4.83. The molecule has 1 atom stereocenters. The van der Waals surface area contributed by atoms with Crippen molar-refractivity contribution in [3.8, 4) is 0 Å². The van der Waals surface area contributed by atoms with Gasteiger partial charge in [0.05, 0.1) is 0 Å². The summed E-state index contributed by atoms with van der Waals surface area (Å²) in [5, 5.41) is 0. The van der Waals surface area contributed by atoms with Gasteiger partial charge in [-0.3, -0.25) is 11.3 Å². The van der Waals surface area contributed by atoms with E-state index in [1.807, 2.05) is 0 Å². The Morgan fingerprint density at radius 1 is 1.54 bits per heavy atom.